The maximum atomic E-state index is 12.8. The number of sulfonamides is 1. The van der Waals surface area contributed by atoms with Crippen molar-refractivity contribution in [2.24, 2.45) is 0 Å². The van der Waals surface area contributed by atoms with Crippen LogP contribution in [0.25, 0.3) is 0 Å². The van der Waals surface area contributed by atoms with Crippen molar-refractivity contribution >= 4 is 49.9 Å². The van der Waals surface area contributed by atoms with Crippen LogP contribution in [0.2, 0.25) is 0 Å². The summed E-state index contributed by atoms with van der Waals surface area (Å²) in [5.74, 6) is -0.355. The summed E-state index contributed by atoms with van der Waals surface area (Å²) in [6.45, 7) is 0. The fourth-order valence-corrected chi connectivity index (χ4v) is 4.12. The first-order valence-electron chi connectivity index (χ1n) is 8.42. The Bertz CT molecular complexity index is 1180. The van der Waals surface area contributed by atoms with Gasteiger partial charge in [-0.2, -0.15) is 13.2 Å². The summed E-state index contributed by atoms with van der Waals surface area (Å²) >= 11 is 2.08. The summed E-state index contributed by atoms with van der Waals surface area (Å²) in [7, 11) is -4.11. The second kappa shape index (κ2) is 8.64. The molecule has 0 aliphatic rings. The minimum Gasteiger partial charge on any atom is -0.322 e. The molecule has 0 fully saturated rings. The Morgan fingerprint density at radius 2 is 1.53 bits per heavy atom. The fourth-order valence-electron chi connectivity index (χ4n) is 2.52. The van der Waals surface area contributed by atoms with Crippen LogP contribution in [-0.4, -0.2) is 14.3 Å². The van der Waals surface area contributed by atoms with Gasteiger partial charge in [0.05, 0.1) is 10.5 Å². The van der Waals surface area contributed by atoms with E-state index in [9.17, 15) is 26.4 Å². The van der Waals surface area contributed by atoms with Crippen LogP contribution in [-0.2, 0) is 16.2 Å². The summed E-state index contributed by atoms with van der Waals surface area (Å²) in [6.07, 6.45) is -4.59. The van der Waals surface area contributed by atoms with Gasteiger partial charge in [0.2, 0.25) is 0 Å². The van der Waals surface area contributed by atoms with E-state index >= 15 is 0 Å². The van der Waals surface area contributed by atoms with Crippen molar-refractivity contribution in [2.45, 2.75) is 11.1 Å². The van der Waals surface area contributed by atoms with E-state index in [2.05, 4.69) is 32.6 Å². The van der Waals surface area contributed by atoms with Gasteiger partial charge in [-0.1, -0.05) is 12.1 Å². The van der Waals surface area contributed by atoms with Gasteiger partial charge in [-0.15, -0.1) is 0 Å². The van der Waals surface area contributed by atoms with E-state index in [-0.39, 0.29) is 16.5 Å². The zero-order chi connectivity index (χ0) is 21.9. The lowest BCUT2D eigenvalue weighted by atomic mass is 10.2. The lowest BCUT2D eigenvalue weighted by Gasteiger charge is -2.12. The number of hydrogen-bond acceptors (Lipinski definition) is 3. The summed E-state index contributed by atoms with van der Waals surface area (Å²) in [6, 6.07) is 16.1. The maximum Gasteiger partial charge on any atom is 0.416 e. The highest BCUT2D eigenvalue weighted by Crippen LogP contribution is 2.31. The lowest BCUT2D eigenvalue weighted by Crippen LogP contribution is -2.15. The standard InChI is InChI=1S/C20H14F3IN2O3S/c21-20(22,23)14-4-2-6-17(12-14)26-30(28,29)18-9-7-16(8-10-18)25-19(27)13-3-1-5-15(24)11-13/h1-12,26H,(H,25,27). The second-order valence-electron chi connectivity index (χ2n) is 6.17. The molecule has 30 heavy (non-hydrogen) atoms. The van der Waals surface area contributed by atoms with Gasteiger partial charge in [0.15, 0.2) is 0 Å². The largest absolute Gasteiger partial charge is 0.416 e. The summed E-state index contributed by atoms with van der Waals surface area (Å²) in [4.78, 5) is 12.1. The van der Waals surface area contributed by atoms with Gasteiger partial charge in [-0.3, -0.25) is 9.52 Å². The van der Waals surface area contributed by atoms with Crippen LogP contribution in [0, 0.1) is 3.57 Å². The molecule has 0 radical (unpaired) electrons. The minimum atomic E-state index is -4.59. The molecule has 3 aromatic rings. The first kappa shape index (κ1) is 22.1. The van der Waals surface area contributed by atoms with Crippen molar-refractivity contribution < 1.29 is 26.4 Å². The lowest BCUT2D eigenvalue weighted by molar-refractivity contribution is -0.137. The number of alkyl halides is 3. The van der Waals surface area contributed by atoms with Crippen LogP contribution in [0.15, 0.2) is 77.7 Å². The van der Waals surface area contributed by atoms with Gasteiger partial charge in [-0.25, -0.2) is 8.42 Å². The maximum absolute atomic E-state index is 12.8. The highest BCUT2D eigenvalue weighted by atomic mass is 127. The number of carbonyl (C=O) groups is 1. The zero-order valence-electron chi connectivity index (χ0n) is 15.1. The Morgan fingerprint density at radius 1 is 0.867 bits per heavy atom. The van der Waals surface area contributed by atoms with Crippen molar-refractivity contribution in [2.75, 3.05) is 10.0 Å². The number of anilines is 2. The number of hydrogen-bond donors (Lipinski definition) is 2. The normalized spacial score (nSPS) is 11.7. The predicted molar refractivity (Wildman–Crippen MR) is 116 cm³/mol. The first-order chi connectivity index (χ1) is 14.0. The van der Waals surface area contributed by atoms with E-state index in [1.165, 1.54) is 30.3 Å². The summed E-state index contributed by atoms with van der Waals surface area (Å²) < 4.78 is 66.4. The minimum absolute atomic E-state index is 0.160. The molecule has 0 bridgehead atoms. The topological polar surface area (TPSA) is 75.3 Å². The monoisotopic (exact) mass is 546 g/mol. The van der Waals surface area contributed by atoms with E-state index in [0.29, 0.717) is 17.3 Å². The molecule has 0 atom stereocenters. The Hall–Kier alpha value is -2.60. The molecule has 1 amide bonds. The molecule has 0 aliphatic heterocycles. The van der Waals surface area contributed by atoms with Crippen LogP contribution < -0.4 is 10.0 Å². The molecule has 0 saturated carbocycles. The molecular weight excluding hydrogens is 532 g/mol. The van der Waals surface area contributed by atoms with Crippen molar-refractivity contribution in [3.8, 4) is 0 Å². The Morgan fingerprint density at radius 3 is 2.17 bits per heavy atom. The third-order valence-electron chi connectivity index (χ3n) is 3.95. The molecular formula is C20H14F3IN2O3S. The van der Waals surface area contributed by atoms with Crippen molar-refractivity contribution in [3.63, 3.8) is 0 Å². The zero-order valence-corrected chi connectivity index (χ0v) is 18.0. The highest BCUT2D eigenvalue weighted by molar-refractivity contribution is 14.1. The SMILES string of the molecule is O=C(Nc1ccc(S(=O)(=O)Nc2cccc(C(F)(F)F)c2)cc1)c1cccc(I)c1. The van der Waals surface area contributed by atoms with Gasteiger partial charge < -0.3 is 5.32 Å². The number of nitrogens with one attached hydrogen (secondary N) is 2. The van der Waals surface area contributed by atoms with E-state index in [0.717, 1.165) is 15.7 Å². The van der Waals surface area contributed by atoms with Crippen LogP contribution >= 0.6 is 22.6 Å². The number of amides is 1. The van der Waals surface area contributed by atoms with Gasteiger partial charge in [0, 0.05) is 20.5 Å². The van der Waals surface area contributed by atoms with Crippen LogP contribution in [0.4, 0.5) is 24.5 Å². The molecule has 3 rings (SSSR count). The molecule has 156 valence electrons. The number of halogens is 4. The van der Waals surface area contributed by atoms with E-state index in [1.54, 1.807) is 18.2 Å². The predicted octanol–water partition coefficient (Wildman–Crippen LogP) is 5.36. The quantitative estimate of drug-likeness (QED) is 0.423. The number of carbonyl (C=O) groups excluding carboxylic acids is 1. The smallest absolute Gasteiger partial charge is 0.322 e. The first-order valence-corrected chi connectivity index (χ1v) is 11.0. The molecule has 5 nitrogen and oxygen atoms in total. The van der Waals surface area contributed by atoms with E-state index in [1.807, 2.05) is 6.07 Å². The average Bonchev–Trinajstić information content (AvgIpc) is 2.67. The molecule has 0 spiro atoms. The van der Waals surface area contributed by atoms with Crippen LogP contribution in [0.5, 0.6) is 0 Å². The Labute approximate surface area is 184 Å². The van der Waals surface area contributed by atoms with Gasteiger partial charge in [-0.05, 0) is 83.3 Å². The van der Waals surface area contributed by atoms with Crippen molar-refractivity contribution in [3.05, 3.63) is 87.5 Å². The molecule has 3 aromatic carbocycles. The van der Waals surface area contributed by atoms with Gasteiger partial charge in [0.1, 0.15) is 0 Å². The number of benzene rings is 3. The molecule has 0 aliphatic carbocycles. The molecule has 0 heterocycles. The van der Waals surface area contributed by atoms with Crippen molar-refractivity contribution in [1.29, 1.82) is 0 Å². The van der Waals surface area contributed by atoms with Gasteiger partial charge in [0.25, 0.3) is 15.9 Å². The highest BCUT2D eigenvalue weighted by Gasteiger charge is 2.30. The van der Waals surface area contributed by atoms with E-state index < -0.39 is 21.8 Å². The number of rotatable bonds is 5. The molecule has 0 saturated heterocycles. The van der Waals surface area contributed by atoms with Gasteiger partial charge >= 0.3 is 6.18 Å². The molecule has 0 unspecified atom stereocenters. The van der Waals surface area contributed by atoms with Crippen LogP contribution in [0.1, 0.15) is 15.9 Å². The fraction of sp³-hybridized carbons (Fsp3) is 0.0500. The second-order valence-corrected chi connectivity index (χ2v) is 9.10. The molecule has 2 N–H and O–H groups in total. The van der Waals surface area contributed by atoms with Crippen molar-refractivity contribution in [1.82, 2.24) is 0 Å². The molecule has 0 aromatic heterocycles. The summed E-state index contributed by atoms with van der Waals surface area (Å²) in [5, 5.41) is 2.66. The average molecular weight is 546 g/mol. The third-order valence-corrected chi connectivity index (χ3v) is 6.02. The Kier molecular flexibility index (Phi) is 6.36. The van der Waals surface area contributed by atoms with E-state index in [4.69, 9.17) is 0 Å². The third kappa shape index (κ3) is 5.51. The Balaban J connectivity index is 1.74. The summed E-state index contributed by atoms with van der Waals surface area (Å²) in [5.41, 5.74) is -0.348. The van der Waals surface area contributed by atoms with Crippen LogP contribution in [0.3, 0.4) is 0 Å². The molecule has 10 heteroatoms.